The van der Waals surface area contributed by atoms with Crippen LogP contribution < -0.4 is 11.2 Å². The molecule has 0 bridgehead atoms. The van der Waals surface area contributed by atoms with Crippen molar-refractivity contribution in [1.82, 2.24) is 9.55 Å². The molecule has 0 fully saturated rings. The van der Waals surface area contributed by atoms with Gasteiger partial charge in [-0.15, -0.1) is 0 Å². The zero-order valence-electron chi connectivity index (χ0n) is 8.71. The maximum absolute atomic E-state index is 11.5. The highest BCUT2D eigenvalue weighted by Crippen LogP contribution is 2.24. The number of H-pyrrole nitrogens is 1. The molecule has 0 spiro atoms. The minimum Gasteiger partial charge on any atom is -0.393 e. The highest BCUT2D eigenvalue weighted by molar-refractivity contribution is 5.13. The van der Waals surface area contributed by atoms with E-state index in [1.54, 1.807) is 6.08 Å². The zero-order valence-corrected chi connectivity index (χ0v) is 8.71. The molecule has 2 N–H and O–H groups in total. The Hall–Kier alpha value is -1.66. The molecular weight excluding hydrogens is 212 g/mol. The average molecular weight is 224 g/mol. The van der Waals surface area contributed by atoms with Crippen molar-refractivity contribution in [2.24, 2.45) is 0 Å². The van der Waals surface area contributed by atoms with Crippen LogP contribution in [0.4, 0.5) is 0 Å². The summed E-state index contributed by atoms with van der Waals surface area (Å²) in [6.07, 6.45) is 2.15. The van der Waals surface area contributed by atoms with Gasteiger partial charge >= 0.3 is 5.69 Å². The van der Waals surface area contributed by atoms with Crippen molar-refractivity contribution in [2.45, 2.75) is 19.3 Å². The first-order chi connectivity index (χ1) is 7.61. The molecule has 0 unspecified atom stereocenters. The minimum absolute atomic E-state index is 0.128. The van der Waals surface area contributed by atoms with Crippen LogP contribution in [0.25, 0.3) is 0 Å². The van der Waals surface area contributed by atoms with Crippen LogP contribution >= 0.6 is 0 Å². The topological polar surface area (TPSA) is 84.3 Å². The standard InChI is InChI=1S/C10H12N2O4/c1-6-4-9(16-7(6)5-13)12-3-2-8(14)11-10(12)15/h2-4,7,9,13H,5H2,1H3,(H,11,14,15)/t7-,9-/m1/s1. The van der Waals surface area contributed by atoms with E-state index in [9.17, 15) is 9.59 Å². The van der Waals surface area contributed by atoms with E-state index in [0.717, 1.165) is 5.57 Å². The van der Waals surface area contributed by atoms with Crippen LogP contribution in [0, 0.1) is 0 Å². The van der Waals surface area contributed by atoms with Gasteiger partial charge in [0.15, 0.2) is 6.23 Å². The Morgan fingerprint density at radius 1 is 1.56 bits per heavy atom. The summed E-state index contributed by atoms with van der Waals surface area (Å²) >= 11 is 0. The second-order valence-corrected chi connectivity index (χ2v) is 3.63. The van der Waals surface area contributed by atoms with Gasteiger partial charge in [-0.1, -0.05) is 0 Å². The second kappa shape index (κ2) is 4.07. The second-order valence-electron chi connectivity index (χ2n) is 3.63. The van der Waals surface area contributed by atoms with E-state index in [4.69, 9.17) is 9.84 Å². The maximum atomic E-state index is 11.5. The fraction of sp³-hybridized carbons (Fsp3) is 0.400. The molecule has 6 heteroatoms. The van der Waals surface area contributed by atoms with Crippen LogP contribution in [0.1, 0.15) is 13.2 Å². The molecule has 6 nitrogen and oxygen atoms in total. The van der Waals surface area contributed by atoms with E-state index in [1.165, 1.54) is 16.8 Å². The normalized spacial score (nSPS) is 24.5. The van der Waals surface area contributed by atoms with Gasteiger partial charge in [-0.25, -0.2) is 4.79 Å². The monoisotopic (exact) mass is 224 g/mol. The summed E-state index contributed by atoms with van der Waals surface area (Å²) in [5, 5.41) is 9.00. The Morgan fingerprint density at radius 2 is 2.31 bits per heavy atom. The number of aliphatic hydroxyl groups excluding tert-OH is 1. The Morgan fingerprint density at radius 3 is 2.88 bits per heavy atom. The van der Waals surface area contributed by atoms with Gasteiger partial charge in [-0.05, 0) is 18.6 Å². The third-order valence-corrected chi connectivity index (χ3v) is 2.51. The summed E-state index contributed by atoms with van der Waals surface area (Å²) in [6.45, 7) is 1.69. The maximum Gasteiger partial charge on any atom is 0.330 e. The molecule has 1 aromatic heterocycles. The van der Waals surface area contributed by atoms with Gasteiger partial charge in [0.2, 0.25) is 0 Å². The molecule has 2 atom stereocenters. The Labute approximate surface area is 90.8 Å². The zero-order chi connectivity index (χ0) is 11.7. The van der Waals surface area contributed by atoms with Crippen molar-refractivity contribution in [3.05, 3.63) is 44.8 Å². The van der Waals surface area contributed by atoms with Gasteiger partial charge < -0.3 is 9.84 Å². The number of aromatic amines is 1. The van der Waals surface area contributed by atoms with Gasteiger partial charge in [0.25, 0.3) is 5.56 Å². The predicted molar refractivity (Wildman–Crippen MR) is 56.1 cm³/mol. The molecule has 0 aromatic carbocycles. The van der Waals surface area contributed by atoms with E-state index < -0.39 is 17.5 Å². The van der Waals surface area contributed by atoms with Crippen molar-refractivity contribution < 1.29 is 9.84 Å². The van der Waals surface area contributed by atoms with Crippen LogP contribution in [-0.2, 0) is 4.74 Å². The molecule has 2 rings (SSSR count). The lowest BCUT2D eigenvalue weighted by Crippen LogP contribution is -2.31. The van der Waals surface area contributed by atoms with Gasteiger partial charge in [-0.3, -0.25) is 14.3 Å². The van der Waals surface area contributed by atoms with Crippen LogP contribution in [0.15, 0.2) is 33.5 Å². The number of ether oxygens (including phenoxy) is 1. The summed E-state index contributed by atoms with van der Waals surface area (Å²) in [5.41, 5.74) is -0.107. The fourth-order valence-electron chi connectivity index (χ4n) is 1.61. The van der Waals surface area contributed by atoms with Crippen molar-refractivity contribution in [2.75, 3.05) is 6.61 Å². The van der Waals surface area contributed by atoms with E-state index in [0.29, 0.717) is 0 Å². The predicted octanol–water partition coefficient (Wildman–Crippen LogP) is -0.627. The number of rotatable bonds is 2. The number of hydrogen-bond donors (Lipinski definition) is 2. The smallest absolute Gasteiger partial charge is 0.330 e. The first-order valence-electron chi connectivity index (χ1n) is 4.88. The number of nitrogens with one attached hydrogen (secondary N) is 1. The number of aromatic nitrogens is 2. The number of hydrogen-bond acceptors (Lipinski definition) is 4. The Balaban J connectivity index is 2.34. The van der Waals surface area contributed by atoms with Gasteiger partial charge in [0.05, 0.1) is 6.61 Å². The lowest BCUT2D eigenvalue weighted by Gasteiger charge is -2.14. The molecular formula is C10H12N2O4. The lowest BCUT2D eigenvalue weighted by atomic mass is 10.2. The minimum atomic E-state index is -0.568. The number of aliphatic hydroxyl groups is 1. The van der Waals surface area contributed by atoms with Crippen molar-refractivity contribution in [1.29, 1.82) is 0 Å². The van der Waals surface area contributed by atoms with Crippen molar-refractivity contribution in [3.63, 3.8) is 0 Å². The molecule has 1 aliphatic heterocycles. The van der Waals surface area contributed by atoms with Crippen LogP contribution in [0.5, 0.6) is 0 Å². The molecule has 86 valence electrons. The molecule has 0 amide bonds. The molecule has 0 aliphatic carbocycles. The molecule has 0 saturated heterocycles. The summed E-state index contributed by atoms with van der Waals surface area (Å²) in [6, 6.07) is 1.25. The Kier molecular flexibility index (Phi) is 2.76. The molecule has 0 saturated carbocycles. The van der Waals surface area contributed by atoms with Gasteiger partial charge in [0.1, 0.15) is 6.10 Å². The van der Waals surface area contributed by atoms with E-state index in [1.807, 2.05) is 6.92 Å². The quantitative estimate of drug-likeness (QED) is 0.655. The Bertz CT molecular complexity index is 528. The van der Waals surface area contributed by atoms with Crippen LogP contribution in [0.2, 0.25) is 0 Å². The molecule has 1 aromatic rings. The summed E-state index contributed by atoms with van der Waals surface area (Å²) in [7, 11) is 0. The highest BCUT2D eigenvalue weighted by atomic mass is 16.5. The summed E-state index contributed by atoms with van der Waals surface area (Å²) < 4.78 is 6.69. The lowest BCUT2D eigenvalue weighted by molar-refractivity contribution is -0.0138. The van der Waals surface area contributed by atoms with Crippen molar-refractivity contribution in [3.8, 4) is 0 Å². The third kappa shape index (κ3) is 1.84. The third-order valence-electron chi connectivity index (χ3n) is 2.51. The summed E-state index contributed by atoms with van der Waals surface area (Å²) in [4.78, 5) is 24.5. The molecule has 1 aliphatic rings. The molecule has 16 heavy (non-hydrogen) atoms. The van der Waals surface area contributed by atoms with E-state index >= 15 is 0 Å². The van der Waals surface area contributed by atoms with Gasteiger partial charge in [-0.2, -0.15) is 0 Å². The highest BCUT2D eigenvalue weighted by Gasteiger charge is 2.25. The first kappa shape index (κ1) is 10.8. The first-order valence-corrected chi connectivity index (χ1v) is 4.88. The van der Waals surface area contributed by atoms with Crippen LogP contribution in [-0.4, -0.2) is 27.4 Å². The SMILES string of the molecule is CC1=C[C@H](n2ccc(=O)[nH]c2=O)O[C@@H]1CO. The van der Waals surface area contributed by atoms with E-state index in [2.05, 4.69) is 4.98 Å². The number of nitrogens with zero attached hydrogens (tertiary/aromatic N) is 1. The fourth-order valence-corrected chi connectivity index (χ4v) is 1.61. The van der Waals surface area contributed by atoms with Crippen molar-refractivity contribution >= 4 is 0 Å². The largest absolute Gasteiger partial charge is 0.393 e. The van der Waals surface area contributed by atoms with E-state index in [-0.39, 0.29) is 12.7 Å². The summed E-state index contributed by atoms with van der Waals surface area (Å²) in [5.74, 6) is 0. The van der Waals surface area contributed by atoms with Crippen LogP contribution in [0.3, 0.4) is 0 Å². The average Bonchev–Trinajstić information content (AvgIpc) is 2.59. The molecule has 2 heterocycles. The van der Waals surface area contributed by atoms with Gasteiger partial charge in [0, 0.05) is 12.3 Å². The molecule has 0 radical (unpaired) electrons.